The van der Waals surface area contributed by atoms with Crippen molar-refractivity contribution in [2.45, 2.75) is 52.6 Å². The Labute approximate surface area is 194 Å². The van der Waals surface area contributed by atoms with Crippen LogP contribution in [0.5, 0.6) is 5.75 Å². The van der Waals surface area contributed by atoms with Crippen LogP contribution in [0.1, 0.15) is 64.3 Å². The van der Waals surface area contributed by atoms with Gasteiger partial charge in [0, 0.05) is 31.0 Å². The lowest BCUT2D eigenvalue weighted by atomic mass is 9.96. The summed E-state index contributed by atoms with van der Waals surface area (Å²) < 4.78 is 5.20. The molecule has 0 radical (unpaired) electrons. The number of benzene rings is 1. The van der Waals surface area contributed by atoms with Crippen molar-refractivity contribution < 1.29 is 9.53 Å². The zero-order chi connectivity index (χ0) is 23.4. The summed E-state index contributed by atoms with van der Waals surface area (Å²) in [7, 11) is 1.63. The van der Waals surface area contributed by atoms with Gasteiger partial charge in [-0.05, 0) is 57.7 Å². The molecule has 3 aromatic rings. The van der Waals surface area contributed by atoms with Gasteiger partial charge in [-0.15, -0.1) is 0 Å². The molecule has 0 spiro atoms. The maximum atomic E-state index is 13.2. The fraction of sp³-hybridized carbons (Fsp3) is 0.400. The van der Waals surface area contributed by atoms with Crippen molar-refractivity contribution in [1.29, 1.82) is 0 Å². The minimum atomic E-state index is -0.179. The molecule has 0 saturated carbocycles. The van der Waals surface area contributed by atoms with E-state index < -0.39 is 0 Å². The van der Waals surface area contributed by atoms with E-state index in [0.29, 0.717) is 17.9 Å². The third-order valence-electron chi connectivity index (χ3n) is 5.86. The molecule has 1 aliphatic heterocycles. The summed E-state index contributed by atoms with van der Waals surface area (Å²) >= 11 is 0. The van der Waals surface area contributed by atoms with Gasteiger partial charge in [-0.3, -0.25) is 4.79 Å². The molecule has 172 valence electrons. The second-order valence-corrected chi connectivity index (χ2v) is 8.37. The van der Waals surface area contributed by atoms with Crippen molar-refractivity contribution in [3.8, 4) is 5.75 Å². The quantitative estimate of drug-likeness (QED) is 0.614. The summed E-state index contributed by atoms with van der Waals surface area (Å²) in [5.41, 5.74) is 3.18. The lowest BCUT2D eigenvalue weighted by Crippen LogP contribution is -2.37. The topological polar surface area (TPSA) is 93.1 Å². The molecule has 8 heteroatoms. The number of carbonyl (C=O) groups excluding carboxylic acids is 1. The molecule has 1 unspecified atom stereocenters. The summed E-state index contributed by atoms with van der Waals surface area (Å²) in [5, 5.41) is 3.02. The van der Waals surface area contributed by atoms with Crippen LogP contribution in [-0.4, -0.2) is 39.5 Å². The van der Waals surface area contributed by atoms with Crippen LogP contribution in [0.15, 0.2) is 36.5 Å². The van der Waals surface area contributed by atoms with Crippen LogP contribution in [-0.2, 0) is 6.54 Å². The fourth-order valence-electron chi connectivity index (χ4n) is 4.27. The van der Waals surface area contributed by atoms with E-state index >= 15 is 0 Å². The number of hydrogen-bond donors (Lipinski definition) is 1. The average molecular weight is 447 g/mol. The first kappa shape index (κ1) is 22.6. The van der Waals surface area contributed by atoms with Gasteiger partial charge in [-0.1, -0.05) is 12.1 Å². The average Bonchev–Trinajstić information content (AvgIpc) is 2.82. The number of nitrogens with zero attached hydrogens (tertiary/aromatic N) is 5. The number of carbonyl (C=O) groups is 1. The van der Waals surface area contributed by atoms with Crippen LogP contribution in [0.4, 0.5) is 5.82 Å². The van der Waals surface area contributed by atoms with Gasteiger partial charge in [-0.2, -0.15) is 0 Å². The first-order chi connectivity index (χ1) is 15.9. The van der Waals surface area contributed by atoms with E-state index in [4.69, 9.17) is 9.72 Å². The number of aromatic nitrogens is 4. The number of aryl methyl sites for hydroxylation is 3. The molecule has 8 nitrogen and oxygen atoms in total. The molecule has 0 aliphatic carbocycles. The van der Waals surface area contributed by atoms with Crippen LogP contribution in [0, 0.1) is 20.8 Å². The Morgan fingerprint density at radius 3 is 2.61 bits per heavy atom. The van der Waals surface area contributed by atoms with Gasteiger partial charge in [-0.25, -0.2) is 19.9 Å². The summed E-state index contributed by atoms with van der Waals surface area (Å²) in [4.78, 5) is 33.6. The van der Waals surface area contributed by atoms with E-state index in [1.807, 2.05) is 51.1 Å². The molecule has 1 amide bonds. The molecule has 2 aromatic heterocycles. The molecule has 1 atom stereocenters. The van der Waals surface area contributed by atoms with E-state index in [2.05, 4.69) is 25.2 Å². The number of rotatable bonds is 6. The van der Waals surface area contributed by atoms with Crippen molar-refractivity contribution in [2.75, 3.05) is 18.6 Å². The van der Waals surface area contributed by atoms with Crippen LogP contribution in [0.2, 0.25) is 0 Å². The van der Waals surface area contributed by atoms with Gasteiger partial charge in [0.25, 0.3) is 5.91 Å². The summed E-state index contributed by atoms with van der Waals surface area (Å²) in [6, 6.07) is 9.60. The van der Waals surface area contributed by atoms with Gasteiger partial charge < -0.3 is 15.0 Å². The number of hydrogen-bond acceptors (Lipinski definition) is 7. The molecule has 1 aromatic carbocycles. The molecular weight excluding hydrogens is 416 g/mol. The highest BCUT2D eigenvalue weighted by atomic mass is 16.5. The number of methoxy groups -OCH3 is 1. The van der Waals surface area contributed by atoms with Gasteiger partial charge in [0.15, 0.2) is 0 Å². The molecule has 3 heterocycles. The molecular formula is C25H30N6O2. The monoisotopic (exact) mass is 446 g/mol. The number of piperidine rings is 1. The normalized spacial score (nSPS) is 15.9. The van der Waals surface area contributed by atoms with Crippen molar-refractivity contribution in [3.63, 3.8) is 0 Å². The van der Waals surface area contributed by atoms with Crippen molar-refractivity contribution in [3.05, 3.63) is 70.7 Å². The Morgan fingerprint density at radius 2 is 1.88 bits per heavy atom. The first-order valence-electron chi connectivity index (χ1n) is 11.3. The smallest absolute Gasteiger partial charge is 0.255 e. The van der Waals surface area contributed by atoms with E-state index in [1.54, 1.807) is 13.3 Å². The summed E-state index contributed by atoms with van der Waals surface area (Å²) in [6.07, 6.45) is 4.68. The maximum absolute atomic E-state index is 13.2. The maximum Gasteiger partial charge on any atom is 0.255 e. The van der Waals surface area contributed by atoms with Gasteiger partial charge in [0.1, 0.15) is 23.2 Å². The first-order valence-corrected chi connectivity index (χ1v) is 11.3. The third kappa shape index (κ3) is 5.27. The highest BCUT2D eigenvalue weighted by Crippen LogP contribution is 2.35. The predicted octanol–water partition coefficient (Wildman–Crippen LogP) is 3.86. The van der Waals surface area contributed by atoms with Gasteiger partial charge >= 0.3 is 0 Å². The van der Waals surface area contributed by atoms with Crippen molar-refractivity contribution in [2.24, 2.45) is 0 Å². The second-order valence-electron chi connectivity index (χ2n) is 8.37. The van der Waals surface area contributed by atoms with E-state index in [0.717, 1.165) is 60.2 Å². The molecule has 0 bridgehead atoms. The second kappa shape index (κ2) is 9.94. The standard InChI is InChI=1S/C25H30N6O2/c1-16-13-23(29-18(3)28-16)31-12-6-5-7-22(31)24-21(15-26-17(2)30-24)25(32)27-14-19-8-10-20(33-4)11-9-19/h8-11,13,15,22H,5-7,12,14H2,1-4H3,(H,27,32). The Balaban J connectivity index is 1.61. The number of amides is 1. The molecule has 1 fully saturated rings. The SMILES string of the molecule is COc1ccc(CNC(=O)c2cnc(C)nc2C2CCCCN2c2cc(C)nc(C)n2)cc1. The van der Waals surface area contributed by atoms with Gasteiger partial charge in [0.05, 0.1) is 24.4 Å². The van der Waals surface area contributed by atoms with Crippen LogP contribution < -0.4 is 15.0 Å². The Bertz CT molecular complexity index is 1110. The molecule has 4 rings (SSSR count). The van der Waals surface area contributed by atoms with Crippen molar-refractivity contribution in [1.82, 2.24) is 25.3 Å². The summed E-state index contributed by atoms with van der Waals surface area (Å²) in [6.45, 7) is 7.01. The Morgan fingerprint density at radius 1 is 1.09 bits per heavy atom. The highest BCUT2D eigenvalue weighted by molar-refractivity contribution is 5.95. The minimum Gasteiger partial charge on any atom is -0.497 e. The van der Waals surface area contributed by atoms with Gasteiger partial charge in [0.2, 0.25) is 0 Å². The van der Waals surface area contributed by atoms with Crippen LogP contribution >= 0.6 is 0 Å². The molecule has 1 N–H and O–H groups in total. The van der Waals surface area contributed by atoms with Crippen molar-refractivity contribution >= 4 is 11.7 Å². The largest absolute Gasteiger partial charge is 0.497 e. The molecule has 33 heavy (non-hydrogen) atoms. The molecule has 1 aliphatic rings. The third-order valence-corrected chi connectivity index (χ3v) is 5.86. The number of nitrogens with one attached hydrogen (secondary N) is 1. The highest BCUT2D eigenvalue weighted by Gasteiger charge is 2.30. The summed E-state index contributed by atoms with van der Waals surface area (Å²) in [5.74, 6) is 2.88. The van der Waals surface area contributed by atoms with E-state index in [1.165, 1.54) is 0 Å². The van der Waals surface area contributed by atoms with Crippen LogP contribution in [0.25, 0.3) is 0 Å². The van der Waals surface area contributed by atoms with Crippen LogP contribution in [0.3, 0.4) is 0 Å². The molecule has 1 saturated heterocycles. The lowest BCUT2D eigenvalue weighted by Gasteiger charge is -2.37. The fourth-order valence-corrected chi connectivity index (χ4v) is 4.27. The Kier molecular flexibility index (Phi) is 6.82. The minimum absolute atomic E-state index is 0.0455. The zero-order valence-electron chi connectivity index (χ0n) is 19.6. The zero-order valence-corrected chi connectivity index (χ0v) is 19.6. The number of ether oxygens (including phenoxy) is 1. The number of anilines is 1. The van der Waals surface area contributed by atoms with E-state index in [9.17, 15) is 4.79 Å². The predicted molar refractivity (Wildman–Crippen MR) is 126 cm³/mol. The van der Waals surface area contributed by atoms with E-state index in [-0.39, 0.29) is 11.9 Å². The lowest BCUT2D eigenvalue weighted by molar-refractivity contribution is 0.0948. The Hall–Kier alpha value is -3.55.